The molecular formula is C21H17N3O4. The smallest absolute Gasteiger partial charge is 0.262 e. The Hall–Kier alpha value is -3.74. The molecule has 1 fully saturated rings. The van der Waals surface area contributed by atoms with Crippen LogP contribution < -0.4 is 15.1 Å². The Morgan fingerprint density at radius 3 is 2.32 bits per heavy atom. The fourth-order valence-corrected chi connectivity index (χ4v) is 3.57. The first-order valence-corrected chi connectivity index (χ1v) is 8.74. The fourth-order valence-electron chi connectivity index (χ4n) is 3.57. The highest BCUT2D eigenvalue weighted by molar-refractivity contribution is 6.41. The van der Waals surface area contributed by atoms with Gasteiger partial charge in [-0.05, 0) is 30.3 Å². The highest BCUT2D eigenvalue weighted by Crippen LogP contribution is 2.40. The van der Waals surface area contributed by atoms with Gasteiger partial charge in [0, 0.05) is 30.8 Å². The van der Waals surface area contributed by atoms with E-state index in [0.717, 1.165) is 4.90 Å². The zero-order valence-electron chi connectivity index (χ0n) is 15.4. The van der Waals surface area contributed by atoms with E-state index >= 15 is 0 Å². The number of rotatable bonds is 2. The van der Waals surface area contributed by atoms with Gasteiger partial charge in [0.2, 0.25) is 11.8 Å². The van der Waals surface area contributed by atoms with Gasteiger partial charge in [-0.3, -0.25) is 19.2 Å². The van der Waals surface area contributed by atoms with Crippen LogP contribution in [0.4, 0.5) is 17.1 Å². The van der Waals surface area contributed by atoms with Crippen molar-refractivity contribution in [2.45, 2.75) is 13.3 Å². The van der Waals surface area contributed by atoms with E-state index in [1.165, 1.54) is 11.8 Å². The van der Waals surface area contributed by atoms with Crippen molar-refractivity contribution in [1.29, 1.82) is 0 Å². The van der Waals surface area contributed by atoms with Crippen LogP contribution in [0.3, 0.4) is 0 Å². The molecule has 0 atom stereocenters. The second-order valence-electron chi connectivity index (χ2n) is 6.67. The van der Waals surface area contributed by atoms with E-state index in [1.54, 1.807) is 49.5 Å². The summed E-state index contributed by atoms with van der Waals surface area (Å²) in [4.78, 5) is 52.1. The summed E-state index contributed by atoms with van der Waals surface area (Å²) in [6.07, 6.45) is -0.129. The molecule has 7 heteroatoms. The van der Waals surface area contributed by atoms with Crippen molar-refractivity contribution < 1.29 is 19.2 Å². The number of hydrogen-bond donors (Lipinski definition) is 1. The number of amides is 4. The van der Waals surface area contributed by atoms with Gasteiger partial charge < -0.3 is 10.2 Å². The summed E-state index contributed by atoms with van der Waals surface area (Å²) < 4.78 is 0. The number of nitrogens with zero attached hydrogens (tertiary/aromatic N) is 2. The molecule has 28 heavy (non-hydrogen) atoms. The molecule has 2 aromatic carbocycles. The Morgan fingerprint density at radius 2 is 1.64 bits per heavy atom. The van der Waals surface area contributed by atoms with Gasteiger partial charge in [-0.1, -0.05) is 18.2 Å². The van der Waals surface area contributed by atoms with Crippen LogP contribution in [0, 0.1) is 0 Å². The second-order valence-corrected chi connectivity index (χ2v) is 6.67. The van der Waals surface area contributed by atoms with Gasteiger partial charge in [0.05, 0.1) is 23.4 Å². The number of anilines is 3. The summed E-state index contributed by atoms with van der Waals surface area (Å²) >= 11 is 0. The van der Waals surface area contributed by atoms with Crippen LogP contribution in [-0.4, -0.2) is 30.7 Å². The van der Waals surface area contributed by atoms with Crippen LogP contribution in [0.1, 0.15) is 18.9 Å². The summed E-state index contributed by atoms with van der Waals surface area (Å²) in [5.74, 6) is -1.39. The van der Waals surface area contributed by atoms with E-state index in [-0.39, 0.29) is 35.3 Å². The highest BCUT2D eigenvalue weighted by atomic mass is 16.2. The van der Waals surface area contributed by atoms with Gasteiger partial charge in [0.1, 0.15) is 0 Å². The number of carbonyl (C=O) groups is 4. The van der Waals surface area contributed by atoms with Gasteiger partial charge >= 0.3 is 0 Å². The van der Waals surface area contributed by atoms with Crippen molar-refractivity contribution >= 4 is 46.3 Å². The lowest BCUT2D eigenvalue weighted by molar-refractivity contribution is -0.121. The van der Waals surface area contributed by atoms with E-state index < -0.39 is 5.91 Å². The van der Waals surface area contributed by atoms with Crippen molar-refractivity contribution in [2.24, 2.45) is 0 Å². The molecule has 1 saturated heterocycles. The average molecular weight is 375 g/mol. The molecule has 0 radical (unpaired) electrons. The topological polar surface area (TPSA) is 86.8 Å². The number of carbonyl (C=O) groups excluding carboxylic acids is 4. The number of likely N-dealkylation sites (N-methyl/N-ethyl adjacent to an activating group) is 1. The molecule has 0 unspecified atom stereocenters. The first kappa shape index (κ1) is 17.7. The Bertz CT molecular complexity index is 1070. The summed E-state index contributed by atoms with van der Waals surface area (Å²) in [6, 6.07) is 13.6. The molecule has 4 amide bonds. The molecule has 140 valence electrons. The maximum atomic E-state index is 13.0. The molecule has 4 rings (SSSR count). The lowest BCUT2D eigenvalue weighted by atomic mass is 10.00. The third-order valence-corrected chi connectivity index (χ3v) is 4.84. The van der Waals surface area contributed by atoms with E-state index in [9.17, 15) is 19.2 Å². The van der Waals surface area contributed by atoms with Crippen LogP contribution in [0.25, 0.3) is 5.57 Å². The summed E-state index contributed by atoms with van der Waals surface area (Å²) in [5, 5.41) is 2.63. The Labute approximate surface area is 161 Å². The van der Waals surface area contributed by atoms with Gasteiger partial charge in [0.15, 0.2) is 0 Å². The third kappa shape index (κ3) is 2.68. The number of fused-ring (bicyclic) bond motifs is 1. The molecule has 0 aliphatic carbocycles. The third-order valence-electron chi connectivity index (χ3n) is 4.84. The maximum Gasteiger partial charge on any atom is 0.262 e. The van der Waals surface area contributed by atoms with E-state index in [4.69, 9.17) is 0 Å². The van der Waals surface area contributed by atoms with Crippen molar-refractivity contribution in [1.82, 2.24) is 0 Å². The van der Waals surface area contributed by atoms with Gasteiger partial charge in [-0.15, -0.1) is 0 Å². The zero-order chi connectivity index (χ0) is 20.0. The van der Waals surface area contributed by atoms with Crippen molar-refractivity contribution in [3.63, 3.8) is 0 Å². The second kappa shape index (κ2) is 6.45. The quantitative estimate of drug-likeness (QED) is 0.645. The summed E-state index contributed by atoms with van der Waals surface area (Å²) in [5.41, 5.74) is 2.83. The largest absolute Gasteiger partial charge is 0.326 e. The summed E-state index contributed by atoms with van der Waals surface area (Å²) in [7, 11) is 1.65. The van der Waals surface area contributed by atoms with Crippen LogP contribution in [-0.2, 0) is 19.2 Å². The van der Waals surface area contributed by atoms with Gasteiger partial charge in [0.25, 0.3) is 11.8 Å². The van der Waals surface area contributed by atoms with Crippen LogP contribution >= 0.6 is 0 Å². The Kier molecular flexibility index (Phi) is 4.07. The minimum Gasteiger partial charge on any atom is -0.326 e. The molecular weight excluding hydrogens is 358 g/mol. The molecule has 0 saturated carbocycles. The van der Waals surface area contributed by atoms with Crippen LogP contribution in [0.5, 0.6) is 0 Å². The summed E-state index contributed by atoms with van der Waals surface area (Å²) in [6.45, 7) is 1.40. The molecule has 2 aliphatic heterocycles. The lowest BCUT2D eigenvalue weighted by Gasteiger charge is -2.14. The Balaban J connectivity index is 1.73. The SMILES string of the molecule is CC(=O)Nc1ccc(N2C(=O)C/C(=C3/C(=O)N(C)c4ccccc43)C2=O)cc1. The number of para-hydroxylation sites is 1. The minimum atomic E-state index is -0.495. The fraction of sp³-hybridized carbons (Fsp3) is 0.143. The number of benzene rings is 2. The molecule has 2 aromatic rings. The van der Waals surface area contributed by atoms with Crippen LogP contribution in [0.2, 0.25) is 0 Å². The van der Waals surface area contributed by atoms with Crippen LogP contribution in [0.15, 0.2) is 54.1 Å². The van der Waals surface area contributed by atoms with E-state index in [2.05, 4.69) is 5.32 Å². The molecule has 2 heterocycles. The molecule has 7 nitrogen and oxygen atoms in total. The number of hydrogen-bond acceptors (Lipinski definition) is 4. The molecule has 1 N–H and O–H groups in total. The first-order valence-electron chi connectivity index (χ1n) is 8.74. The predicted molar refractivity (Wildman–Crippen MR) is 105 cm³/mol. The molecule has 2 aliphatic rings. The number of imide groups is 1. The van der Waals surface area contributed by atoms with Crippen molar-refractivity contribution in [3.05, 3.63) is 59.7 Å². The molecule has 0 aromatic heterocycles. The zero-order valence-corrected chi connectivity index (χ0v) is 15.4. The average Bonchev–Trinajstić information content (AvgIpc) is 3.09. The van der Waals surface area contributed by atoms with Gasteiger partial charge in [-0.25, -0.2) is 4.90 Å². The van der Waals surface area contributed by atoms with Crippen molar-refractivity contribution in [3.8, 4) is 0 Å². The lowest BCUT2D eigenvalue weighted by Crippen LogP contribution is -2.29. The van der Waals surface area contributed by atoms with E-state index in [1.807, 2.05) is 6.07 Å². The van der Waals surface area contributed by atoms with Crippen molar-refractivity contribution in [2.75, 3.05) is 22.2 Å². The maximum absolute atomic E-state index is 13.0. The standard InChI is InChI=1S/C21H17N3O4/c1-12(25)22-13-7-9-14(10-8-13)24-18(26)11-16(20(24)27)19-15-5-3-4-6-17(15)23(2)21(19)28/h3-10H,11H2,1-2H3,(H,22,25)/b19-16-. The normalized spacial score (nSPS) is 18.7. The monoisotopic (exact) mass is 375 g/mol. The first-order chi connectivity index (χ1) is 13.4. The Morgan fingerprint density at radius 1 is 0.964 bits per heavy atom. The predicted octanol–water partition coefficient (Wildman–Crippen LogP) is 2.34. The van der Waals surface area contributed by atoms with E-state index in [0.29, 0.717) is 22.6 Å². The number of nitrogens with one attached hydrogen (secondary N) is 1. The highest BCUT2D eigenvalue weighted by Gasteiger charge is 2.42. The minimum absolute atomic E-state index is 0.129. The molecule has 0 spiro atoms. The molecule has 0 bridgehead atoms. The van der Waals surface area contributed by atoms with Gasteiger partial charge in [-0.2, -0.15) is 0 Å².